The van der Waals surface area contributed by atoms with E-state index in [0.29, 0.717) is 17.5 Å². The molecule has 2 aromatic rings. The Balaban J connectivity index is 2.05. The molecule has 0 amide bonds. The SMILES string of the molecule is NC(Cc1ccc(F)c(F)c1)c1ccc(OC(F)F)cc1. The van der Waals surface area contributed by atoms with Gasteiger partial charge in [0, 0.05) is 6.04 Å². The molecule has 0 aliphatic heterocycles. The van der Waals surface area contributed by atoms with Crippen molar-refractivity contribution in [1.29, 1.82) is 0 Å². The maximum absolute atomic E-state index is 13.1. The van der Waals surface area contributed by atoms with Crippen molar-refractivity contribution in [3.8, 4) is 5.75 Å². The van der Waals surface area contributed by atoms with Gasteiger partial charge in [-0.05, 0) is 41.8 Å². The van der Waals surface area contributed by atoms with Gasteiger partial charge in [0.25, 0.3) is 0 Å². The molecule has 21 heavy (non-hydrogen) atoms. The Kier molecular flexibility index (Phi) is 4.80. The lowest BCUT2D eigenvalue weighted by Crippen LogP contribution is -2.13. The number of rotatable bonds is 5. The standard InChI is InChI=1S/C15H13F4NO/c16-12-6-1-9(7-13(12)17)8-14(20)10-2-4-11(5-3-10)21-15(18)19/h1-7,14-15H,8,20H2. The molecule has 2 aromatic carbocycles. The molecule has 0 aliphatic carbocycles. The Hall–Kier alpha value is -2.08. The third kappa shape index (κ3) is 4.19. The van der Waals surface area contributed by atoms with Gasteiger partial charge in [0.15, 0.2) is 11.6 Å². The molecule has 0 heterocycles. The molecule has 2 nitrogen and oxygen atoms in total. The Labute approximate surface area is 119 Å². The van der Waals surface area contributed by atoms with Crippen molar-refractivity contribution in [1.82, 2.24) is 0 Å². The first-order valence-corrected chi connectivity index (χ1v) is 6.20. The van der Waals surface area contributed by atoms with Crippen molar-refractivity contribution in [2.75, 3.05) is 0 Å². The van der Waals surface area contributed by atoms with E-state index in [4.69, 9.17) is 5.73 Å². The average Bonchev–Trinajstić information content (AvgIpc) is 2.43. The fourth-order valence-electron chi connectivity index (χ4n) is 1.93. The molecule has 1 unspecified atom stereocenters. The Morgan fingerprint density at radius 3 is 2.19 bits per heavy atom. The normalized spacial score (nSPS) is 12.5. The highest BCUT2D eigenvalue weighted by molar-refractivity contribution is 5.30. The van der Waals surface area contributed by atoms with Gasteiger partial charge in [-0.25, -0.2) is 8.78 Å². The zero-order valence-electron chi connectivity index (χ0n) is 10.9. The molecule has 0 aromatic heterocycles. The van der Waals surface area contributed by atoms with E-state index in [0.717, 1.165) is 12.1 Å². The van der Waals surface area contributed by atoms with Crippen LogP contribution in [0.3, 0.4) is 0 Å². The molecule has 0 fully saturated rings. The number of ether oxygens (including phenoxy) is 1. The summed E-state index contributed by atoms with van der Waals surface area (Å²) in [4.78, 5) is 0. The minimum atomic E-state index is -2.88. The summed E-state index contributed by atoms with van der Waals surface area (Å²) in [7, 11) is 0. The summed E-state index contributed by atoms with van der Waals surface area (Å²) < 4.78 is 54.2. The Bertz CT molecular complexity index is 601. The quantitative estimate of drug-likeness (QED) is 0.852. The van der Waals surface area contributed by atoms with Crippen LogP contribution >= 0.6 is 0 Å². The third-order valence-corrected chi connectivity index (χ3v) is 2.97. The van der Waals surface area contributed by atoms with Crippen LogP contribution in [0.5, 0.6) is 5.75 Å². The lowest BCUT2D eigenvalue weighted by atomic mass is 9.99. The molecule has 0 aliphatic rings. The smallest absolute Gasteiger partial charge is 0.387 e. The lowest BCUT2D eigenvalue weighted by Gasteiger charge is -2.13. The van der Waals surface area contributed by atoms with Crippen LogP contribution < -0.4 is 10.5 Å². The number of benzene rings is 2. The number of hydrogen-bond donors (Lipinski definition) is 1. The van der Waals surface area contributed by atoms with Gasteiger partial charge >= 0.3 is 6.61 Å². The number of alkyl halides is 2. The summed E-state index contributed by atoms with van der Waals surface area (Å²) >= 11 is 0. The van der Waals surface area contributed by atoms with Crippen molar-refractivity contribution in [2.45, 2.75) is 19.1 Å². The summed E-state index contributed by atoms with van der Waals surface area (Å²) in [6, 6.07) is 8.99. The van der Waals surface area contributed by atoms with E-state index in [1.54, 1.807) is 12.1 Å². The topological polar surface area (TPSA) is 35.2 Å². The highest BCUT2D eigenvalue weighted by atomic mass is 19.3. The number of halogens is 4. The molecule has 2 rings (SSSR count). The summed E-state index contributed by atoms with van der Waals surface area (Å²) in [6.45, 7) is -2.88. The first-order chi connectivity index (χ1) is 9.95. The minimum Gasteiger partial charge on any atom is -0.435 e. The minimum absolute atomic E-state index is 0.0359. The van der Waals surface area contributed by atoms with Crippen LogP contribution in [-0.2, 0) is 6.42 Å². The van der Waals surface area contributed by atoms with Crippen LogP contribution in [-0.4, -0.2) is 6.61 Å². The van der Waals surface area contributed by atoms with Crippen molar-refractivity contribution in [2.24, 2.45) is 5.73 Å². The molecule has 6 heteroatoms. The summed E-state index contributed by atoms with van der Waals surface area (Å²) in [5.41, 5.74) is 7.19. The molecular formula is C15H13F4NO. The predicted molar refractivity (Wildman–Crippen MR) is 70.1 cm³/mol. The zero-order chi connectivity index (χ0) is 15.4. The third-order valence-electron chi connectivity index (χ3n) is 2.97. The van der Waals surface area contributed by atoms with Gasteiger partial charge < -0.3 is 10.5 Å². The Morgan fingerprint density at radius 1 is 0.952 bits per heavy atom. The van der Waals surface area contributed by atoms with Crippen LogP contribution in [0.25, 0.3) is 0 Å². The van der Waals surface area contributed by atoms with Gasteiger partial charge in [0.05, 0.1) is 0 Å². The highest BCUT2D eigenvalue weighted by Crippen LogP contribution is 2.21. The van der Waals surface area contributed by atoms with Crippen LogP contribution in [0.1, 0.15) is 17.2 Å². The van der Waals surface area contributed by atoms with Crippen LogP contribution in [0.15, 0.2) is 42.5 Å². The van der Waals surface area contributed by atoms with Gasteiger partial charge in [-0.2, -0.15) is 8.78 Å². The van der Waals surface area contributed by atoms with Gasteiger partial charge in [0.2, 0.25) is 0 Å². The van der Waals surface area contributed by atoms with Crippen molar-refractivity contribution in [3.63, 3.8) is 0 Å². The van der Waals surface area contributed by atoms with E-state index in [2.05, 4.69) is 4.74 Å². The second-order valence-electron chi connectivity index (χ2n) is 4.51. The molecular weight excluding hydrogens is 286 g/mol. The molecule has 2 N–H and O–H groups in total. The maximum atomic E-state index is 13.1. The fourth-order valence-corrected chi connectivity index (χ4v) is 1.93. The summed E-state index contributed by atoms with van der Waals surface area (Å²) in [6.07, 6.45) is 0.298. The lowest BCUT2D eigenvalue weighted by molar-refractivity contribution is -0.0498. The predicted octanol–water partition coefficient (Wildman–Crippen LogP) is 3.81. The first kappa shape index (κ1) is 15.3. The largest absolute Gasteiger partial charge is 0.435 e. The second kappa shape index (κ2) is 6.58. The number of nitrogens with two attached hydrogens (primary N) is 1. The van der Waals surface area contributed by atoms with E-state index < -0.39 is 24.3 Å². The fraction of sp³-hybridized carbons (Fsp3) is 0.200. The Morgan fingerprint density at radius 2 is 1.62 bits per heavy atom. The van der Waals surface area contributed by atoms with Crippen LogP contribution in [0, 0.1) is 11.6 Å². The van der Waals surface area contributed by atoms with Crippen molar-refractivity contribution in [3.05, 3.63) is 65.2 Å². The second-order valence-corrected chi connectivity index (χ2v) is 4.51. The summed E-state index contributed by atoms with van der Waals surface area (Å²) in [5.74, 6) is -1.81. The van der Waals surface area contributed by atoms with Gasteiger partial charge in [-0.3, -0.25) is 0 Å². The van der Waals surface area contributed by atoms with Crippen LogP contribution in [0.4, 0.5) is 17.6 Å². The highest BCUT2D eigenvalue weighted by Gasteiger charge is 2.10. The monoisotopic (exact) mass is 299 g/mol. The van der Waals surface area contributed by atoms with Gasteiger partial charge in [0.1, 0.15) is 5.75 Å². The van der Waals surface area contributed by atoms with E-state index in [-0.39, 0.29) is 5.75 Å². The van der Waals surface area contributed by atoms with Crippen molar-refractivity contribution < 1.29 is 22.3 Å². The molecule has 0 bridgehead atoms. The van der Waals surface area contributed by atoms with E-state index in [1.807, 2.05) is 0 Å². The number of hydrogen-bond acceptors (Lipinski definition) is 2. The molecule has 0 saturated carbocycles. The summed E-state index contributed by atoms with van der Waals surface area (Å²) in [5, 5.41) is 0. The zero-order valence-corrected chi connectivity index (χ0v) is 10.9. The van der Waals surface area contributed by atoms with Gasteiger partial charge in [-0.1, -0.05) is 18.2 Å². The molecule has 1 atom stereocenters. The maximum Gasteiger partial charge on any atom is 0.387 e. The van der Waals surface area contributed by atoms with Crippen LogP contribution in [0.2, 0.25) is 0 Å². The molecule has 0 radical (unpaired) electrons. The van der Waals surface area contributed by atoms with Gasteiger partial charge in [-0.15, -0.1) is 0 Å². The van der Waals surface area contributed by atoms with E-state index in [9.17, 15) is 17.6 Å². The average molecular weight is 299 g/mol. The molecule has 112 valence electrons. The van der Waals surface area contributed by atoms with Crippen molar-refractivity contribution >= 4 is 0 Å². The first-order valence-electron chi connectivity index (χ1n) is 6.20. The van der Waals surface area contributed by atoms with E-state index in [1.165, 1.54) is 18.2 Å². The molecule has 0 saturated heterocycles. The molecule has 0 spiro atoms. The van der Waals surface area contributed by atoms with E-state index >= 15 is 0 Å².